The molecule has 38 valence electrons. The Bertz CT molecular complexity index is 10.9. The molecule has 0 aliphatic carbocycles. The summed E-state index contributed by atoms with van der Waals surface area (Å²) in [6.45, 7) is 0. The van der Waals surface area contributed by atoms with E-state index in [-0.39, 0.29) is 112 Å². The summed E-state index contributed by atoms with van der Waals surface area (Å²) >= 11 is 0. The van der Waals surface area contributed by atoms with Crippen molar-refractivity contribution in [3.05, 3.63) is 0 Å². The standard InChI is InChI=1S/2Fe.2Li.3S.2H/q2*+3;;;3*-2;;. The van der Waals surface area contributed by atoms with Gasteiger partial charge in [0, 0.05) is 0 Å². The Hall–Kier alpha value is 3.28. The molecule has 0 aromatic heterocycles. The molecule has 7 heteroatoms. The SMILES string of the molecule is [Fe+3].[Fe+3].[LiH].[LiH].[S-2].[S-2].[S-2]. The van der Waals surface area contributed by atoms with Gasteiger partial charge in [-0.3, -0.25) is 0 Å². The van der Waals surface area contributed by atoms with Crippen LogP contribution < -0.4 is 0 Å². The van der Waals surface area contributed by atoms with Gasteiger partial charge >= 0.3 is 71.9 Å². The zero-order valence-corrected chi connectivity index (χ0v) is 6.59. The summed E-state index contributed by atoms with van der Waals surface area (Å²) in [7, 11) is 0. The first-order valence-electron chi connectivity index (χ1n) is 0. The Labute approximate surface area is 111 Å². The van der Waals surface area contributed by atoms with Crippen molar-refractivity contribution < 1.29 is 34.1 Å². The topological polar surface area (TPSA) is 0 Å². The first-order chi connectivity index (χ1) is 0. The van der Waals surface area contributed by atoms with E-state index in [2.05, 4.69) is 0 Å². The molecule has 0 saturated heterocycles. The predicted octanol–water partition coefficient (Wildman–Crippen LogP) is -1.31. The predicted molar refractivity (Wildman–Crippen MR) is 36.4 cm³/mol. The van der Waals surface area contributed by atoms with Crippen LogP contribution in [0.4, 0.5) is 0 Å². The maximum Gasteiger partial charge on any atom is -2.00 e. The van der Waals surface area contributed by atoms with Crippen molar-refractivity contribution in [1.29, 1.82) is 0 Å². The summed E-state index contributed by atoms with van der Waals surface area (Å²) in [5.41, 5.74) is 0. The molecular formula is H2Fe2Li2S3. The maximum atomic E-state index is 0. The fourth-order valence-corrected chi connectivity index (χ4v) is 0. The van der Waals surface area contributed by atoms with Gasteiger partial charge in [-0.2, -0.15) is 0 Å². The number of hydrogen-bond donors (Lipinski definition) is 0. The molecule has 7 heavy (non-hydrogen) atoms. The van der Waals surface area contributed by atoms with Gasteiger partial charge in [0.1, 0.15) is 0 Å². The van der Waals surface area contributed by atoms with Gasteiger partial charge in [0.25, 0.3) is 0 Å². The summed E-state index contributed by atoms with van der Waals surface area (Å²) in [6.07, 6.45) is 0. The van der Waals surface area contributed by atoms with Gasteiger partial charge in [-0.15, -0.1) is 0 Å². The molecule has 0 aromatic carbocycles. The summed E-state index contributed by atoms with van der Waals surface area (Å²) in [5.74, 6) is 0. The molecule has 0 spiro atoms. The van der Waals surface area contributed by atoms with Crippen LogP contribution in [0.5, 0.6) is 0 Å². The number of rotatable bonds is 0. The molecule has 0 aromatic rings. The molecule has 0 rings (SSSR count). The van der Waals surface area contributed by atoms with Crippen LogP contribution in [0.25, 0.3) is 0 Å². The van der Waals surface area contributed by atoms with E-state index < -0.39 is 0 Å². The second kappa shape index (κ2) is 59.1. The van der Waals surface area contributed by atoms with Gasteiger partial charge in [0.15, 0.2) is 0 Å². The monoisotopic (exact) mass is 224 g/mol. The van der Waals surface area contributed by atoms with Crippen LogP contribution >= 0.6 is 0 Å². The molecule has 0 aliphatic heterocycles. The third-order valence-electron chi connectivity index (χ3n) is 0. The van der Waals surface area contributed by atoms with Crippen molar-refractivity contribution in [2.75, 3.05) is 0 Å². The van der Waals surface area contributed by atoms with Gasteiger partial charge in [0.05, 0.1) is 0 Å². The van der Waals surface area contributed by atoms with E-state index in [0.717, 1.165) is 0 Å². The average molecular weight is 224 g/mol. The third-order valence-corrected chi connectivity index (χ3v) is 0. The van der Waals surface area contributed by atoms with Crippen LogP contribution in [-0.2, 0) is 74.6 Å². The normalized spacial score (nSPS) is 0. The summed E-state index contributed by atoms with van der Waals surface area (Å²) in [6, 6.07) is 0. The summed E-state index contributed by atoms with van der Waals surface area (Å²) in [5, 5.41) is 0. The van der Waals surface area contributed by atoms with Crippen molar-refractivity contribution in [1.82, 2.24) is 0 Å². The second-order valence-corrected chi connectivity index (χ2v) is 0. The van der Waals surface area contributed by atoms with Crippen LogP contribution in [0.3, 0.4) is 0 Å². The molecule has 0 saturated carbocycles. The Morgan fingerprint density at radius 1 is 0.429 bits per heavy atom. The second-order valence-electron chi connectivity index (χ2n) is 0. The van der Waals surface area contributed by atoms with Crippen LogP contribution in [0.2, 0.25) is 0 Å². The molecular weight excluding hydrogens is 222 g/mol. The minimum atomic E-state index is 0. The van der Waals surface area contributed by atoms with Crippen molar-refractivity contribution in [2.24, 2.45) is 0 Å². The Kier molecular flexibility index (Phi) is 694. The quantitative estimate of drug-likeness (QED) is 0.448. The smallest absolute Gasteiger partial charge is 2.00 e. The summed E-state index contributed by atoms with van der Waals surface area (Å²) in [4.78, 5) is 0. The van der Waals surface area contributed by atoms with Crippen molar-refractivity contribution in [3.63, 3.8) is 0 Å². The van der Waals surface area contributed by atoms with Crippen LogP contribution in [0.15, 0.2) is 0 Å². The van der Waals surface area contributed by atoms with Gasteiger partial charge in [-0.1, -0.05) is 0 Å². The molecule has 0 unspecified atom stereocenters. The van der Waals surface area contributed by atoms with Crippen molar-refractivity contribution >= 4 is 78.2 Å². The number of hydrogen-bond acceptors (Lipinski definition) is 0. The maximum absolute atomic E-state index is 0. The van der Waals surface area contributed by atoms with E-state index in [1.165, 1.54) is 0 Å². The van der Waals surface area contributed by atoms with Crippen LogP contribution in [0.1, 0.15) is 0 Å². The first-order valence-corrected chi connectivity index (χ1v) is 0. The van der Waals surface area contributed by atoms with Gasteiger partial charge in [-0.05, 0) is 0 Å². The van der Waals surface area contributed by atoms with E-state index in [4.69, 9.17) is 0 Å². The third kappa shape index (κ3) is 45.7. The van der Waals surface area contributed by atoms with E-state index >= 15 is 0 Å². The van der Waals surface area contributed by atoms with Crippen molar-refractivity contribution in [3.8, 4) is 0 Å². The molecule has 0 atom stereocenters. The van der Waals surface area contributed by atoms with Gasteiger partial charge in [-0.25, -0.2) is 0 Å². The summed E-state index contributed by atoms with van der Waals surface area (Å²) < 4.78 is 0. The molecule has 0 amide bonds. The van der Waals surface area contributed by atoms with Gasteiger partial charge in [0.2, 0.25) is 0 Å². The van der Waals surface area contributed by atoms with E-state index in [1.807, 2.05) is 0 Å². The zero-order chi connectivity index (χ0) is 0. The van der Waals surface area contributed by atoms with Crippen molar-refractivity contribution in [2.45, 2.75) is 0 Å². The van der Waals surface area contributed by atoms with Gasteiger partial charge < -0.3 is 40.5 Å². The molecule has 0 bridgehead atoms. The molecule has 0 aliphatic rings. The molecule has 0 fully saturated rings. The minimum absolute atomic E-state index is 0. The molecule has 0 N–H and O–H groups in total. The van der Waals surface area contributed by atoms with Crippen LogP contribution in [-0.4, -0.2) is 37.7 Å². The Morgan fingerprint density at radius 2 is 0.429 bits per heavy atom. The average Bonchev–Trinajstić information content (AvgIpc) is 0. The fraction of sp³-hybridized carbons (Fsp3) is 0. The largest absolute Gasteiger partial charge is 2.00 e. The molecule has 0 nitrogen and oxygen atoms in total. The van der Waals surface area contributed by atoms with E-state index in [1.54, 1.807) is 0 Å². The van der Waals surface area contributed by atoms with Crippen LogP contribution in [0, 0.1) is 0 Å². The fourth-order valence-electron chi connectivity index (χ4n) is 0. The Morgan fingerprint density at radius 3 is 0.429 bits per heavy atom. The van der Waals surface area contributed by atoms with E-state index in [9.17, 15) is 0 Å². The Balaban J connectivity index is 0. The molecule has 0 heterocycles. The minimum Gasteiger partial charge on any atom is -2.00 e. The van der Waals surface area contributed by atoms with E-state index in [0.29, 0.717) is 0 Å². The zero-order valence-electron chi connectivity index (χ0n) is 1.93. The first kappa shape index (κ1) is 82.2. The molecule has 2 radical (unpaired) electrons.